The molecule has 2 rings (SSSR count). The number of aryl methyl sites for hydroxylation is 1. The molecule has 0 aromatic heterocycles. The average molecular weight is 238 g/mol. The molecule has 0 fully saturated rings. The lowest BCUT2D eigenvalue weighted by Crippen LogP contribution is -2.16. The smallest absolute Gasteiger partial charge is 0.115 e. The molecule has 0 radical (unpaired) electrons. The van der Waals surface area contributed by atoms with Crippen molar-refractivity contribution in [2.45, 2.75) is 6.92 Å². The first-order valence-corrected chi connectivity index (χ1v) is 5.71. The van der Waals surface area contributed by atoms with E-state index in [2.05, 4.69) is 6.07 Å². The summed E-state index contributed by atoms with van der Waals surface area (Å²) in [5, 5.41) is 18.2. The summed E-state index contributed by atoms with van der Waals surface area (Å²) in [6.07, 6.45) is 0. The van der Waals surface area contributed by atoms with Gasteiger partial charge in [0.2, 0.25) is 0 Å². The van der Waals surface area contributed by atoms with Crippen LogP contribution in [0.2, 0.25) is 0 Å². The molecule has 2 aromatic rings. The lowest BCUT2D eigenvalue weighted by atomic mass is 10.2. The van der Waals surface area contributed by atoms with Crippen LogP contribution in [-0.2, 0) is 0 Å². The Morgan fingerprint density at radius 1 is 1.00 bits per heavy atom. The lowest BCUT2D eigenvalue weighted by Gasteiger charge is -2.22. The normalized spacial score (nSPS) is 9.78. The van der Waals surface area contributed by atoms with Gasteiger partial charge in [0.25, 0.3) is 0 Å². The van der Waals surface area contributed by atoms with Gasteiger partial charge in [-0.05, 0) is 43.3 Å². The van der Waals surface area contributed by atoms with E-state index in [0.717, 1.165) is 11.4 Å². The molecule has 3 heteroatoms. The minimum absolute atomic E-state index is 0.222. The standard InChI is InChI=1S/C15H14N2O/c1-12-2-4-13(5-3-12)17(11-10-16)14-6-8-15(18)9-7-14/h2-9,18H,11H2,1H3. The molecule has 0 unspecified atom stereocenters. The molecule has 0 aliphatic heterocycles. The van der Waals surface area contributed by atoms with Gasteiger partial charge in [0.1, 0.15) is 12.3 Å². The first-order valence-electron chi connectivity index (χ1n) is 5.71. The van der Waals surface area contributed by atoms with Crippen LogP contribution in [0.4, 0.5) is 11.4 Å². The van der Waals surface area contributed by atoms with Crippen LogP contribution in [0.5, 0.6) is 5.75 Å². The number of hydrogen-bond donors (Lipinski definition) is 1. The van der Waals surface area contributed by atoms with Crippen LogP contribution in [0.3, 0.4) is 0 Å². The van der Waals surface area contributed by atoms with Crippen LogP contribution in [0.25, 0.3) is 0 Å². The maximum atomic E-state index is 9.29. The van der Waals surface area contributed by atoms with E-state index in [1.165, 1.54) is 5.56 Å². The molecule has 0 heterocycles. The van der Waals surface area contributed by atoms with Gasteiger partial charge in [-0.15, -0.1) is 0 Å². The van der Waals surface area contributed by atoms with Gasteiger partial charge in [0, 0.05) is 11.4 Å². The minimum Gasteiger partial charge on any atom is -0.508 e. The van der Waals surface area contributed by atoms with Crippen molar-refractivity contribution < 1.29 is 5.11 Å². The zero-order valence-electron chi connectivity index (χ0n) is 10.2. The van der Waals surface area contributed by atoms with E-state index in [0.29, 0.717) is 0 Å². The van der Waals surface area contributed by atoms with Crippen molar-refractivity contribution >= 4 is 11.4 Å². The highest BCUT2D eigenvalue weighted by Crippen LogP contribution is 2.26. The summed E-state index contributed by atoms with van der Waals surface area (Å²) >= 11 is 0. The molecule has 0 saturated heterocycles. The van der Waals surface area contributed by atoms with E-state index in [4.69, 9.17) is 5.26 Å². The Labute approximate surface area is 107 Å². The Bertz CT molecular complexity index is 507. The summed E-state index contributed by atoms with van der Waals surface area (Å²) in [5.74, 6) is 0.222. The van der Waals surface area contributed by atoms with Crippen LogP contribution in [-0.4, -0.2) is 11.7 Å². The van der Waals surface area contributed by atoms with Gasteiger partial charge in [-0.1, -0.05) is 17.7 Å². The molecule has 2 aromatic carbocycles. The van der Waals surface area contributed by atoms with Crippen molar-refractivity contribution in [1.29, 1.82) is 5.26 Å². The number of benzene rings is 2. The molecule has 0 atom stereocenters. The fourth-order valence-electron chi connectivity index (χ4n) is 1.76. The van der Waals surface area contributed by atoms with Gasteiger partial charge >= 0.3 is 0 Å². The molecule has 3 nitrogen and oxygen atoms in total. The third kappa shape index (κ3) is 2.61. The molecule has 0 spiro atoms. The van der Waals surface area contributed by atoms with Gasteiger partial charge in [-0.25, -0.2) is 0 Å². The second kappa shape index (κ2) is 5.24. The quantitative estimate of drug-likeness (QED) is 0.834. The van der Waals surface area contributed by atoms with E-state index >= 15 is 0 Å². The Hall–Kier alpha value is -2.47. The highest BCUT2D eigenvalue weighted by molar-refractivity contribution is 5.64. The molecule has 0 aliphatic carbocycles. The summed E-state index contributed by atoms with van der Waals surface area (Å²) in [6.45, 7) is 2.30. The minimum atomic E-state index is 0.222. The van der Waals surface area contributed by atoms with E-state index in [1.54, 1.807) is 24.3 Å². The van der Waals surface area contributed by atoms with Crippen LogP contribution in [0.15, 0.2) is 48.5 Å². The monoisotopic (exact) mass is 238 g/mol. The molecule has 1 N–H and O–H groups in total. The Kier molecular flexibility index (Phi) is 3.49. The SMILES string of the molecule is Cc1ccc(N(CC#N)c2ccc(O)cc2)cc1. The summed E-state index contributed by atoms with van der Waals surface area (Å²) in [7, 11) is 0. The number of nitriles is 1. The van der Waals surface area contributed by atoms with Crippen molar-refractivity contribution in [3.05, 3.63) is 54.1 Å². The molecule has 0 amide bonds. The average Bonchev–Trinajstić information content (AvgIpc) is 2.39. The summed E-state index contributed by atoms with van der Waals surface area (Å²) in [4.78, 5) is 1.90. The van der Waals surface area contributed by atoms with Gasteiger partial charge in [-0.2, -0.15) is 5.26 Å². The number of phenols is 1. The Balaban J connectivity index is 2.36. The van der Waals surface area contributed by atoms with E-state index in [9.17, 15) is 5.11 Å². The molecular formula is C15H14N2O. The molecular weight excluding hydrogens is 224 g/mol. The number of phenolic OH excluding ortho intramolecular Hbond substituents is 1. The number of nitrogens with zero attached hydrogens (tertiary/aromatic N) is 2. The van der Waals surface area contributed by atoms with Crippen LogP contribution in [0, 0.1) is 18.3 Å². The van der Waals surface area contributed by atoms with Crippen molar-refractivity contribution in [1.82, 2.24) is 0 Å². The molecule has 0 saturated carbocycles. The van der Waals surface area contributed by atoms with Gasteiger partial charge in [0.05, 0.1) is 6.07 Å². The third-order valence-electron chi connectivity index (χ3n) is 2.74. The lowest BCUT2D eigenvalue weighted by molar-refractivity contribution is 0.475. The van der Waals surface area contributed by atoms with E-state index in [-0.39, 0.29) is 12.3 Å². The summed E-state index contributed by atoms with van der Waals surface area (Å²) in [5.41, 5.74) is 3.03. The summed E-state index contributed by atoms with van der Waals surface area (Å²) < 4.78 is 0. The van der Waals surface area contributed by atoms with Crippen LogP contribution < -0.4 is 4.90 Å². The van der Waals surface area contributed by atoms with Crippen molar-refractivity contribution in [3.63, 3.8) is 0 Å². The number of anilines is 2. The predicted molar refractivity (Wildman–Crippen MR) is 71.9 cm³/mol. The number of aromatic hydroxyl groups is 1. The fraction of sp³-hybridized carbons (Fsp3) is 0.133. The maximum absolute atomic E-state index is 9.29. The van der Waals surface area contributed by atoms with Crippen LogP contribution in [0.1, 0.15) is 5.56 Å². The van der Waals surface area contributed by atoms with Crippen LogP contribution >= 0.6 is 0 Å². The van der Waals surface area contributed by atoms with Crippen molar-refractivity contribution in [2.24, 2.45) is 0 Å². The fourth-order valence-corrected chi connectivity index (χ4v) is 1.76. The van der Waals surface area contributed by atoms with E-state index < -0.39 is 0 Å². The van der Waals surface area contributed by atoms with Crippen molar-refractivity contribution in [3.8, 4) is 11.8 Å². The highest BCUT2D eigenvalue weighted by atomic mass is 16.3. The Morgan fingerprint density at radius 2 is 1.50 bits per heavy atom. The largest absolute Gasteiger partial charge is 0.508 e. The molecule has 90 valence electrons. The van der Waals surface area contributed by atoms with E-state index in [1.807, 2.05) is 36.1 Å². The van der Waals surface area contributed by atoms with Gasteiger partial charge in [-0.3, -0.25) is 0 Å². The van der Waals surface area contributed by atoms with Gasteiger partial charge in [0.15, 0.2) is 0 Å². The zero-order chi connectivity index (χ0) is 13.0. The maximum Gasteiger partial charge on any atom is 0.115 e. The van der Waals surface area contributed by atoms with Crippen molar-refractivity contribution in [2.75, 3.05) is 11.4 Å². The molecule has 18 heavy (non-hydrogen) atoms. The summed E-state index contributed by atoms with van der Waals surface area (Å²) in [6, 6.07) is 17.0. The first-order chi connectivity index (χ1) is 8.70. The number of hydrogen-bond acceptors (Lipinski definition) is 3. The topological polar surface area (TPSA) is 47.3 Å². The highest BCUT2D eigenvalue weighted by Gasteiger charge is 2.08. The second-order valence-corrected chi connectivity index (χ2v) is 4.10. The number of rotatable bonds is 3. The second-order valence-electron chi connectivity index (χ2n) is 4.10. The molecule has 0 bridgehead atoms. The Morgan fingerprint density at radius 3 is 2.00 bits per heavy atom. The first kappa shape index (κ1) is 12.0. The van der Waals surface area contributed by atoms with Gasteiger partial charge < -0.3 is 10.0 Å². The predicted octanol–water partition coefficient (Wildman–Crippen LogP) is 3.36. The molecule has 0 aliphatic rings. The zero-order valence-corrected chi connectivity index (χ0v) is 10.2. The third-order valence-corrected chi connectivity index (χ3v) is 2.74.